The molecular weight excluding hydrogens is 294 g/mol. The molecule has 1 atom stereocenters. The number of thioether (sulfide) groups is 1. The molecule has 1 N–H and O–H groups in total. The van der Waals surface area contributed by atoms with Gasteiger partial charge in [-0.15, -0.1) is 10.2 Å². The van der Waals surface area contributed by atoms with Crippen LogP contribution in [0.2, 0.25) is 0 Å². The zero-order valence-corrected chi connectivity index (χ0v) is 13.0. The highest BCUT2D eigenvalue weighted by atomic mass is 32.2. The quantitative estimate of drug-likeness (QED) is 0.860. The van der Waals surface area contributed by atoms with Gasteiger partial charge in [-0.2, -0.15) is 0 Å². The van der Waals surface area contributed by atoms with E-state index < -0.39 is 0 Å². The molecule has 7 heteroatoms. The van der Waals surface area contributed by atoms with Gasteiger partial charge >= 0.3 is 0 Å². The standard InChI is InChI=1S/C13H15N3O2S2/c1-8(19-13-16-15-9(2)20-13)12(17)14-10-4-6-11(18-3)7-5-10/h4-8H,1-3H3,(H,14,17)/t8-/m1/s1. The number of hydrogen-bond donors (Lipinski definition) is 1. The second-order valence-corrected chi connectivity index (χ2v) is 6.83. The van der Waals surface area contributed by atoms with E-state index in [-0.39, 0.29) is 11.2 Å². The van der Waals surface area contributed by atoms with Crippen molar-refractivity contribution in [2.45, 2.75) is 23.4 Å². The number of methoxy groups -OCH3 is 1. The summed E-state index contributed by atoms with van der Waals surface area (Å²) < 4.78 is 5.88. The van der Waals surface area contributed by atoms with Crippen molar-refractivity contribution in [1.82, 2.24) is 10.2 Å². The molecule has 0 saturated carbocycles. The summed E-state index contributed by atoms with van der Waals surface area (Å²) in [5.74, 6) is 0.697. The summed E-state index contributed by atoms with van der Waals surface area (Å²) in [6.45, 7) is 3.74. The molecule has 0 unspecified atom stereocenters. The molecular formula is C13H15N3O2S2. The fourth-order valence-corrected chi connectivity index (χ4v) is 3.41. The van der Waals surface area contributed by atoms with Crippen LogP contribution in [-0.2, 0) is 4.79 Å². The van der Waals surface area contributed by atoms with Gasteiger partial charge in [0.05, 0.1) is 12.4 Å². The summed E-state index contributed by atoms with van der Waals surface area (Å²) in [4.78, 5) is 12.1. The summed E-state index contributed by atoms with van der Waals surface area (Å²) in [6.07, 6.45) is 0. The molecule has 2 rings (SSSR count). The fourth-order valence-electron chi connectivity index (χ4n) is 1.45. The molecule has 2 aromatic rings. The third-order valence-corrected chi connectivity index (χ3v) is 4.53. The molecule has 106 valence electrons. The van der Waals surface area contributed by atoms with Crippen molar-refractivity contribution in [3.8, 4) is 5.75 Å². The van der Waals surface area contributed by atoms with Gasteiger partial charge in [0.1, 0.15) is 10.8 Å². The third kappa shape index (κ3) is 3.94. The summed E-state index contributed by atoms with van der Waals surface area (Å²) in [6, 6.07) is 7.23. The van der Waals surface area contributed by atoms with Crippen LogP contribution in [0.15, 0.2) is 28.6 Å². The van der Waals surface area contributed by atoms with Gasteiger partial charge in [-0.1, -0.05) is 23.1 Å². The number of benzene rings is 1. The number of carbonyl (C=O) groups excluding carboxylic acids is 1. The Morgan fingerprint density at radius 3 is 2.60 bits per heavy atom. The first-order valence-corrected chi connectivity index (χ1v) is 7.70. The molecule has 1 amide bonds. The van der Waals surface area contributed by atoms with E-state index in [1.165, 1.54) is 23.1 Å². The number of amides is 1. The van der Waals surface area contributed by atoms with Crippen LogP contribution in [0.1, 0.15) is 11.9 Å². The minimum Gasteiger partial charge on any atom is -0.497 e. The zero-order chi connectivity index (χ0) is 14.5. The van der Waals surface area contributed by atoms with Gasteiger partial charge in [0.15, 0.2) is 4.34 Å². The van der Waals surface area contributed by atoms with E-state index in [1.54, 1.807) is 7.11 Å². The lowest BCUT2D eigenvalue weighted by molar-refractivity contribution is -0.115. The Kier molecular flexibility index (Phi) is 4.97. The molecule has 0 aliphatic heterocycles. The summed E-state index contributed by atoms with van der Waals surface area (Å²) in [7, 11) is 1.61. The van der Waals surface area contributed by atoms with Crippen molar-refractivity contribution in [1.29, 1.82) is 0 Å². The van der Waals surface area contributed by atoms with Gasteiger partial charge < -0.3 is 10.1 Å². The average Bonchev–Trinajstić information content (AvgIpc) is 2.85. The Labute approximate surface area is 125 Å². The molecule has 1 aromatic heterocycles. The van der Waals surface area contributed by atoms with E-state index >= 15 is 0 Å². The van der Waals surface area contributed by atoms with Crippen LogP contribution < -0.4 is 10.1 Å². The molecule has 1 aromatic carbocycles. The normalized spacial score (nSPS) is 11.9. The van der Waals surface area contributed by atoms with Crippen LogP contribution in [0.25, 0.3) is 0 Å². The van der Waals surface area contributed by atoms with Crippen molar-refractivity contribution in [3.63, 3.8) is 0 Å². The van der Waals surface area contributed by atoms with Crippen molar-refractivity contribution in [3.05, 3.63) is 29.3 Å². The minimum atomic E-state index is -0.232. The van der Waals surface area contributed by atoms with Crippen LogP contribution in [0, 0.1) is 6.92 Å². The maximum absolute atomic E-state index is 12.1. The number of carbonyl (C=O) groups is 1. The van der Waals surface area contributed by atoms with E-state index in [0.29, 0.717) is 0 Å². The lowest BCUT2D eigenvalue weighted by Gasteiger charge is -2.10. The van der Waals surface area contributed by atoms with Crippen molar-refractivity contribution in [2.75, 3.05) is 12.4 Å². The van der Waals surface area contributed by atoms with E-state index in [0.717, 1.165) is 20.8 Å². The molecule has 5 nitrogen and oxygen atoms in total. The first-order chi connectivity index (χ1) is 9.58. The Balaban J connectivity index is 1.93. The number of anilines is 1. The number of hydrogen-bond acceptors (Lipinski definition) is 6. The van der Waals surface area contributed by atoms with Crippen LogP contribution in [0.3, 0.4) is 0 Å². The molecule has 0 saturated heterocycles. The summed E-state index contributed by atoms with van der Waals surface area (Å²) in [5.41, 5.74) is 0.747. The zero-order valence-electron chi connectivity index (χ0n) is 11.4. The summed E-state index contributed by atoms with van der Waals surface area (Å²) >= 11 is 2.90. The highest BCUT2D eigenvalue weighted by Gasteiger charge is 2.16. The van der Waals surface area contributed by atoms with Gasteiger partial charge in [0, 0.05) is 5.69 Å². The van der Waals surface area contributed by atoms with Crippen LogP contribution in [0.5, 0.6) is 5.75 Å². The lowest BCUT2D eigenvalue weighted by atomic mass is 10.3. The van der Waals surface area contributed by atoms with Gasteiger partial charge in [0.25, 0.3) is 0 Å². The molecule has 0 fully saturated rings. The van der Waals surface area contributed by atoms with Crippen molar-refractivity contribution >= 4 is 34.7 Å². The number of rotatable bonds is 5. The fraction of sp³-hybridized carbons (Fsp3) is 0.308. The number of nitrogens with zero attached hydrogens (tertiary/aromatic N) is 2. The second-order valence-electron chi connectivity index (χ2n) is 4.06. The molecule has 20 heavy (non-hydrogen) atoms. The van der Waals surface area contributed by atoms with E-state index in [9.17, 15) is 4.79 Å². The first kappa shape index (κ1) is 14.8. The predicted octanol–water partition coefficient (Wildman–Crippen LogP) is 2.97. The highest BCUT2D eigenvalue weighted by Crippen LogP contribution is 2.27. The maximum Gasteiger partial charge on any atom is 0.237 e. The van der Waals surface area contributed by atoms with Gasteiger partial charge in [-0.25, -0.2) is 0 Å². The molecule has 0 bridgehead atoms. The molecule has 0 radical (unpaired) electrons. The second kappa shape index (κ2) is 6.71. The number of aryl methyl sites for hydroxylation is 1. The van der Waals surface area contributed by atoms with E-state index in [4.69, 9.17) is 4.74 Å². The third-order valence-electron chi connectivity index (χ3n) is 2.51. The predicted molar refractivity (Wildman–Crippen MR) is 81.6 cm³/mol. The smallest absolute Gasteiger partial charge is 0.237 e. The SMILES string of the molecule is COc1ccc(NC(=O)[C@@H](C)Sc2nnc(C)s2)cc1. The van der Waals surface area contributed by atoms with Crippen LogP contribution in [-0.4, -0.2) is 28.5 Å². The largest absolute Gasteiger partial charge is 0.497 e. The maximum atomic E-state index is 12.1. The topological polar surface area (TPSA) is 64.1 Å². The van der Waals surface area contributed by atoms with Gasteiger partial charge in [0.2, 0.25) is 5.91 Å². The number of ether oxygens (including phenoxy) is 1. The van der Waals surface area contributed by atoms with E-state index in [1.807, 2.05) is 38.1 Å². The monoisotopic (exact) mass is 309 g/mol. The number of nitrogens with one attached hydrogen (secondary N) is 1. The minimum absolute atomic E-state index is 0.0620. The summed E-state index contributed by atoms with van der Waals surface area (Å²) in [5, 5.41) is 11.5. The number of aromatic nitrogens is 2. The van der Waals surface area contributed by atoms with Crippen molar-refractivity contribution < 1.29 is 9.53 Å². The van der Waals surface area contributed by atoms with Crippen molar-refractivity contribution in [2.24, 2.45) is 0 Å². The highest BCUT2D eigenvalue weighted by molar-refractivity contribution is 8.02. The lowest BCUT2D eigenvalue weighted by Crippen LogP contribution is -2.22. The van der Waals surface area contributed by atoms with Crippen LogP contribution >= 0.6 is 23.1 Å². The first-order valence-electron chi connectivity index (χ1n) is 6.00. The van der Waals surface area contributed by atoms with Gasteiger partial charge in [-0.3, -0.25) is 4.79 Å². The van der Waals surface area contributed by atoms with Crippen LogP contribution in [0.4, 0.5) is 5.69 Å². The molecule has 0 aliphatic carbocycles. The molecule has 0 spiro atoms. The molecule has 1 heterocycles. The Hall–Kier alpha value is -1.60. The van der Waals surface area contributed by atoms with E-state index in [2.05, 4.69) is 15.5 Å². The Morgan fingerprint density at radius 1 is 1.35 bits per heavy atom. The molecule has 0 aliphatic rings. The Bertz CT molecular complexity index is 584. The Morgan fingerprint density at radius 2 is 2.05 bits per heavy atom. The average molecular weight is 309 g/mol. The van der Waals surface area contributed by atoms with Gasteiger partial charge in [-0.05, 0) is 38.1 Å².